The number of nitrogens with one attached hydrogen (secondary N) is 3. The number of nitrogens with zero attached hydrogens (tertiary/aromatic N) is 2. The molecule has 0 unspecified atom stereocenters. The van der Waals surface area contributed by atoms with E-state index in [1.165, 1.54) is 0 Å². The lowest BCUT2D eigenvalue weighted by molar-refractivity contribution is -0.163. The lowest BCUT2D eigenvalue weighted by atomic mass is 9.86. The van der Waals surface area contributed by atoms with Gasteiger partial charge in [0, 0.05) is 53.1 Å². The van der Waals surface area contributed by atoms with Crippen molar-refractivity contribution in [1.29, 1.82) is 0 Å². The average Bonchev–Trinajstić information content (AvgIpc) is 3.68. The van der Waals surface area contributed by atoms with Gasteiger partial charge in [0.05, 0.1) is 6.04 Å². The highest BCUT2D eigenvalue weighted by molar-refractivity contribution is 5.99. The molecule has 4 aromatic rings. The third-order valence-corrected chi connectivity index (χ3v) is 8.81. The van der Waals surface area contributed by atoms with Gasteiger partial charge in [0.15, 0.2) is 0 Å². The highest BCUT2D eigenvalue weighted by atomic mass is 16.4. The van der Waals surface area contributed by atoms with Gasteiger partial charge in [-0.25, -0.2) is 0 Å². The number of aromatic nitrogens is 2. The van der Waals surface area contributed by atoms with E-state index >= 15 is 0 Å². The monoisotopic (exact) mass is 525 g/mol. The summed E-state index contributed by atoms with van der Waals surface area (Å²) >= 11 is 0. The molecule has 39 heavy (non-hydrogen) atoms. The molecule has 0 bridgehead atoms. The number of fused-ring (bicyclic) bond motifs is 6. The third kappa shape index (κ3) is 3.83. The van der Waals surface area contributed by atoms with Crippen LogP contribution in [0, 0.1) is 0 Å². The summed E-state index contributed by atoms with van der Waals surface area (Å²) in [6.07, 6.45) is 4.75. The lowest BCUT2D eigenvalue weighted by Crippen LogP contribution is -2.65. The predicted molar refractivity (Wildman–Crippen MR) is 146 cm³/mol. The molecule has 2 fully saturated rings. The number of carboxylic acid groups (broad SMARTS) is 1. The van der Waals surface area contributed by atoms with Crippen LogP contribution in [0.15, 0.2) is 54.7 Å². The molecule has 200 valence electrons. The van der Waals surface area contributed by atoms with Crippen LogP contribution in [0.25, 0.3) is 21.8 Å². The van der Waals surface area contributed by atoms with Crippen LogP contribution >= 0.6 is 0 Å². The maximum absolute atomic E-state index is 13.8. The molecule has 0 aliphatic carbocycles. The van der Waals surface area contributed by atoms with Gasteiger partial charge in [0.25, 0.3) is 0 Å². The molecule has 4 atom stereocenters. The van der Waals surface area contributed by atoms with E-state index in [-0.39, 0.29) is 23.9 Å². The molecule has 3 aliphatic heterocycles. The third-order valence-electron chi connectivity index (χ3n) is 8.81. The topological polar surface area (TPSA) is 122 Å². The number of piperazine rings is 1. The van der Waals surface area contributed by atoms with Gasteiger partial charge >= 0.3 is 5.97 Å². The highest BCUT2D eigenvalue weighted by Gasteiger charge is 2.52. The van der Waals surface area contributed by atoms with Crippen molar-refractivity contribution in [3.8, 4) is 0 Å². The van der Waals surface area contributed by atoms with E-state index in [0.717, 1.165) is 45.0 Å². The summed E-state index contributed by atoms with van der Waals surface area (Å²) in [5.41, 5.74) is 4.96. The molecule has 2 aromatic carbocycles. The first-order valence-electron chi connectivity index (χ1n) is 13.7. The van der Waals surface area contributed by atoms with E-state index in [9.17, 15) is 19.5 Å². The first kappa shape index (κ1) is 24.0. The average molecular weight is 526 g/mol. The van der Waals surface area contributed by atoms with Crippen LogP contribution in [0.4, 0.5) is 0 Å². The molecule has 0 saturated carbocycles. The summed E-state index contributed by atoms with van der Waals surface area (Å²) < 4.78 is 0. The SMILES string of the molecule is O=C(O)[C@@H](Cc1c[nH]c2ccccc12)NCC[C@H]1c2[nH]c3ccccc3c2C[C@H]2C(=O)N3CCC[C@H]3C(=O)N21. The predicted octanol–water partition coefficient (Wildman–Crippen LogP) is 3.12. The first-order valence-corrected chi connectivity index (χ1v) is 13.7. The van der Waals surface area contributed by atoms with E-state index in [4.69, 9.17) is 0 Å². The van der Waals surface area contributed by atoms with Gasteiger partial charge in [-0.05, 0) is 49.1 Å². The number of carbonyl (C=O) groups is 3. The summed E-state index contributed by atoms with van der Waals surface area (Å²) in [7, 11) is 0. The minimum absolute atomic E-state index is 0.0139. The van der Waals surface area contributed by atoms with Crippen molar-refractivity contribution >= 4 is 39.6 Å². The van der Waals surface area contributed by atoms with Crippen LogP contribution in [0.3, 0.4) is 0 Å². The number of carboxylic acids is 1. The van der Waals surface area contributed by atoms with Crippen molar-refractivity contribution in [2.75, 3.05) is 13.1 Å². The van der Waals surface area contributed by atoms with Crippen molar-refractivity contribution in [2.45, 2.75) is 56.3 Å². The molecule has 9 nitrogen and oxygen atoms in total. The van der Waals surface area contributed by atoms with Gasteiger partial charge in [-0.3, -0.25) is 14.4 Å². The Kier molecular flexibility index (Phi) is 5.70. The van der Waals surface area contributed by atoms with Crippen LogP contribution in [0.2, 0.25) is 0 Å². The zero-order valence-corrected chi connectivity index (χ0v) is 21.5. The second kappa shape index (κ2) is 9.27. The fraction of sp³-hybridized carbons (Fsp3) is 0.367. The summed E-state index contributed by atoms with van der Waals surface area (Å²) in [5, 5.41) is 15.3. The Hall–Kier alpha value is -4.11. The number of aliphatic carboxylic acids is 1. The number of hydrogen-bond donors (Lipinski definition) is 4. The Balaban J connectivity index is 1.17. The van der Waals surface area contributed by atoms with Crippen LogP contribution in [0.1, 0.15) is 42.1 Å². The Morgan fingerprint density at radius 1 is 1.03 bits per heavy atom. The van der Waals surface area contributed by atoms with Gasteiger partial charge in [-0.1, -0.05) is 36.4 Å². The molecule has 3 aliphatic rings. The fourth-order valence-corrected chi connectivity index (χ4v) is 6.98. The molecular weight excluding hydrogens is 494 g/mol. The Morgan fingerprint density at radius 3 is 2.62 bits per heavy atom. The number of amides is 2. The second-order valence-electron chi connectivity index (χ2n) is 10.9. The lowest BCUT2D eigenvalue weighted by Gasteiger charge is -2.48. The number of hydrogen-bond acceptors (Lipinski definition) is 4. The Labute approximate surface area is 225 Å². The van der Waals surface area contributed by atoms with Gasteiger partial charge in [-0.2, -0.15) is 0 Å². The number of carbonyl (C=O) groups excluding carboxylic acids is 2. The molecule has 9 heteroatoms. The van der Waals surface area contributed by atoms with Crippen LogP contribution in [-0.4, -0.2) is 73.9 Å². The smallest absolute Gasteiger partial charge is 0.321 e. The molecule has 4 N–H and O–H groups in total. The number of H-pyrrole nitrogens is 2. The number of para-hydroxylation sites is 2. The minimum atomic E-state index is -0.918. The largest absolute Gasteiger partial charge is 0.480 e. The van der Waals surface area contributed by atoms with Gasteiger partial charge in [0.1, 0.15) is 18.1 Å². The van der Waals surface area contributed by atoms with E-state index < -0.39 is 18.1 Å². The van der Waals surface area contributed by atoms with Crippen molar-refractivity contribution in [1.82, 2.24) is 25.1 Å². The number of aromatic amines is 2. The molecule has 5 heterocycles. The fourth-order valence-electron chi connectivity index (χ4n) is 6.98. The molecule has 0 spiro atoms. The molecule has 2 aromatic heterocycles. The summed E-state index contributed by atoms with van der Waals surface area (Å²) in [6.45, 7) is 1.03. The van der Waals surface area contributed by atoms with Crippen molar-refractivity contribution in [2.24, 2.45) is 0 Å². The summed E-state index contributed by atoms with van der Waals surface area (Å²) in [6, 6.07) is 13.9. The first-order chi connectivity index (χ1) is 19.0. The summed E-state index contributed by atoms with van der Waals surface area (Å²) in [5.74, 6) is -0.868. The highest BCUT2D eigenvalue weighted by Crippen LogP contribution is 2.43. The van der Waals surface area contributed by atoms with Crippen LogP contribution < -0.4 is 5.32 Å². The van der Waals surface area contributed by atoms with Crippen molar-refractivity contribution in [3.63, 3.8) is 0 Å². The van der Waals surface area contributed by atoms with Gasteiger partial charge in [0.2, 0.25) is 11.8 Å². The molecular formula is C30H31N5O4. The minimum Gasteiger partial charge on any atom is -0.480 e. The normalized spacial score (nSPS) is 23.2. The second-order valence-corrected chi connectivity index (χ2v) is 10.9. The van der Waals surface area contributed by atoms with Gasteiger partial charge < -0.3 is 30.2 Å². The van der Waals surface area contributed by atoms with Crippen LogP contribution in [0.5, 0.6) is 0 Å². The summed E-state index contributed by atoms with van der Waals surface area (Å²) in [4.78, 5) is 49.9. The van der Waals surface area contributed by atoms with Crippen molar-refractivity contribution < 1.29 is 19.5 Å². The van der Waals surface area contributed by atoms with E-state index in [0.29, 0.717) is 38.8 Å². The Bertz CT molecular complexity index is 1610. The molecule has 7 rings (SSSR count). The van der Waals surface area contributed by atoms with Crippen molar-refractivity contribution in [3.05, 3.63) is 71.5 Å². The Morgan fingerprint density at radius 2 is 1.79 bits per heavy atom. The standard InChI is InChI=1S/C30H31N5O4/c36-28-26-15-20-19-7-2-4-9-22(19)33-27(20)24(35(26)29(37)25-10-5-13-34(25)28)11-12-31-23(30(38)39)14-17-16-32-21-8-3-1-6-18(17)21/h1-4,6-9,16,23-26,31-33H,5,10-15H2,(H,38,39)/t23-,24+,25+,26+/m1/s1. The molecule has 0 radical (unpaired) electrons. The molecule has 2 saturated heterocycles. The number of rotatable bonds is 7. The van der Waals surface area contributed by atoms with E-state index in [1.54, 1.807) is 4.90 Å². The zero-order chi connectivity index (χ0) is 26.7. The van der Waals surface area contributed by atoms with Gasteiger partial charge in [-0.15, -0.1) is 0 Å². The maximum Gasteiger partial charge on any atom is 0.321 e. The molecule has 2 amide bonds. The van der Waals surface area contributed by atoms with E-state index in [1.807, 2.05) is 53.6 Å². The van der Waals surface area contributed by atoms with Crippen LogP contribution in [-0.2, 0) is 27.2 Å². The quantitative estimate of drug-likeness (QED) is 0.295. The maximum atomic E-state index is 13.8. The van der Waals surface area contributed by atoms with E-state index in [2.05, 4.69) is 21.4 Å². The number of benzene rings is 2. The zero-order valence-electron chi connectivity index (χ0n) is 21.5.